The Hall–Kier alpha value is -1.43. The molecule has 5 heteroatoms. The van der Waals surface area contributed by atoms with Gasteiger partial charge in [0, 0.05) is 19.6 Å². The second-order valence-corrected chi connectivity index (χ2v) is 3.62. The van der Waals surface area contributed by atoms with Crippen LogP contribution in [-0.2, 0) is 9.47 Å². The maximum atomic E-state index is 13.0. The molecule has 2 rings (SSSR count). The number of fused-ring (bicyclic) bond motifs is 1. The molecule has 0 bridgehead atoms. The molecule has 1 aromatic carbocycles. The van der Waals surface area contributed by atoms with E-state index in [0.717, 1.165) is 0 Å². The van der Waals surface area contributed by atoms with Gasteiger partial charge in [0.2, 0.25) is 0 Å². The van der Waals surface area contributed by atoms with Gasteiger partial charge in [0.05, 0.1) is 0 Å². The molecule has 0 saturated heterocycles. The lowest BCUT2D eigenvalue weighted by Crippen LogP contribution is -2.22. The fraction of sp³-hybridized carbons (Fsp3) is 0.333. The molecule has 1 unspecified atom stereocenters. The summed E-state index contributed by atoms with van der Waals surface area (Å²) in [5.41, 5.74) is 0.506. The maximum absolute atomic E-state index is 13.0. The van der Waals surface area contributed by atoms with Crippen molar-refractivity contribution >= 4 is 11.0 Å². The van der Waals surface area contributed by atoms with Crippen molar-refractivity contribution in [1.29, 1.82) is 0 Å². The number of halogens is 1. The number of rotatable bonds is 4. The van der Waals surface area contributed by atoms with Gasteiger partial charge >= 0.3 is 0 Å². The molecule has 0 aliphatic rings. The molecule has 0 amide bonds. The lowest BCUT2D eigenvalue weighted by atomic mass is 10.2. The largest absolute Gasteiger partial charge is 0.458 e. The monoisotopic (exact) mass is 240 g/mol. The van der Waals surface area contributed by atoms with E-state index < -0.39 is 12.4 Å². The van der Waals surface area contributed by atoms with Gasteiger partial charge in [0.15, 0.2) is 12.4 Å². The first-order chi connectivity index (χ1) is 8.15. The van der Waals surface area contributed by atoms with Gasteiger partial charge in [-0.1, -0.05) is 0 Å². The Morgan fingerprint density at radius 3 is 2.59 bits per heavy atom. The topological polar surface area (TPSA) is 51.8 Å². The Kier molecular flexibility index (Phi) is 3.42. The zero-order valence-electron chi connectivity index (χ0n) is 9.51. The van der Waals surface area contributed by atoms with Crippen LogP contribution in [0.1, 0.15) is 11.9 Å². The molecule has 0 radical (unpaired) electrons. The molecule has 1 N–H and O–H groups in total. The van der Waals surface area contributed by atoms with E-state index >= 15 is 0 Å². The van der Waals surface area contributed by atoms with Crippen LogP contribution >= 0.6 is 0 Å². The van der Waals surface area contributed by atoms with Crippen molar-refractivity contribution in [2.45, 2.75) is 12.4 Å². The quantitative estimate of drug-likeness (QED) is 0.832. The van der Waals surface area contributed by atoms with Crippen molar-refractivity contribution in [3.63, 3.8) is 0 Å². The Morgan fingerprint density at radius 1 is 1.24 bits per heavy atom. The van der Waals surface area contributed by atoms with Gasteiger partial charge in [-0.2, -0.15) is 0 Å². The van der Waals surface area contributed by atoms with Crippen LogP contribution in [0.3, 0.4) is 0 Å². The summed E-state index contributed by atoms with van der Waals surface area (Å²) in [7, 11) is 2.83. The molecular formula is C12H13FO4. The molecule has 2 aromatic rings. The Labute approximate surface area is 97.6 Å². The van der Waals surface area contributed by atoms with Crippen molar-refractivity contribution in [1.82, 2.24) is 0 Å². The zero-order chi connectivity index (χ0) is 12.4. The molecule has 92 valence electrons. The highest BCUT2D eigenvalue weighted by Gasteiger charge is 2.23. The molecule has 0 aliphatic heterocycles. The lowest BCUT2D eigenvalue weighted by Gasteiger charge is -2.17. The van der Waals surface area contributed by atoms with Crippen molar-refractivity contribution in [2.24, 2.45) is 0 Å². The average Bonchev–Trinajstić information content (AvgIpc) is 2.73. The van der Waals surface area contributed by atoms with E-state index in [2.05, 4.69) is 0 Å². The van der Waals surface area contributed by atoms with Crippen LogP contribution in [0, 0.1) is 5.82 Å². The minimum Gasteiger partial charge on any atom is -0.458 e. The molecule has 1 atom stereocenters. The van der Waals surface area contributed by atoms with Crippen LogP contribution in [0.4, 0.5) is 4.39 Å². The molecule has 4 nitrogen and oxygen atoms in total. The van der Waals surface area contributed by atoms with Crippen LogP contribution < -0.4 is 0 Å². The summed E-state index contributed by atoms with van der Waals surface area (Å²) in [5.74, 6) is -0.0753. The van der Waals surface area contributed by atoms with Crippen LogP contribution in [0.2, 0.25) is 0 Å². The van der Waals surface area contributed by atoms with Crippen molar-refractivity contribution < 1.29 is 23.4 Å². The van der Waals surface area contributed by atoms with Crippen molar-refractivity contribution in [3.8, 4) is 0 Å². The van der Waals surface area contributed by atoms with E-state index in [1.807, 2.05) is 0 Å². The van der Waals surface area contributed by atoms with E-state index in [4.69, 9.17) is 13.9 Å². The average molecular weight is 240 g/mol. The van der Waals surface area contributed by atoms with E-state index in [-0.39, 0.29) is 11.6 Å². The Morgan fingerprint density at radius 2 is 1.94 bits per heavy atom. The predicted octanol–water partition coefficient (Wildman–Crippen LogP) is 2.22. The molecule has 0 fully saturated rings. The van der Waals surface area contributed by atoms with Gasteiger partial charge in [-0.3, -0.25) is 0 Å². The first kappa shape index (κ1) is 12.0. The van der Waals surface area contributed by atoms with Crippen LogP contribution in [0.25, 0.3) is 11.0 Å². The smallest absolute Gasteiger partial charge is 0.190 e. The fourth-order valence-corrected chi connectivity index (χ4v) is 1.67. The van der Waals surface area contributed by atoms with Gasteiger partial charge in [0.1, 0.15) is 17.2 Å². The Bertz CT molecular complexity index is 504. The van der Waals surface area contributed by atoms with E-state index in [1.165, 1.54) is 32.4 Å². The molecule has 1 aromatic heterocycles. The van der Waals surface area contributed by atoms with Crippen molar-refractivity contribution in [2.75, 3.05) is 14.2 Å². The SMILES string of the molecule is COC(OC)C(O)c1cc2cc(F)ccc2o1. The summed E-state index contributed by atoms with van der Waals surface area (Å²) in [6.45, 7) is 0. The normalized spacial score (nSPS) is 13.5. The maximum Gasteiger partial charge on any atom is 0.190 e. The summed E-state index contributed by atoms with van der Waals surface area (Å²) >= 11 is 0. The third-order valence-electron chi connectivity index (χ3n) is 2.51. The second-order valence-electron chi connectivity index (χ2n) is 3.62. The molecule has 0 spiro atoms. The molecular weight excluding hydrogens is 227 g/mol. The van der Waals surface area contributed by atoms with Gasteiger partial charge in [-0.25, -0.2) is 4.39 Å². The van der Waals surface area contributed by atoms with Crippen LogP contribution in [0.5, 0.6) is 0 Å². The van der Waals surface area contributed by atoms with Crippen LogP contribution in [0.15, 0.2) is 28.7 Å². The third kappa shape index (κ3) is 2.31. The summed E-state index contributed by atoms with van der Waals surface area (Å²) in [6, 6.07) is 5.71. The molecule has 0 saturated carbocycles. The number of aliphatic hydroxyl groups excluding tert-OH is 1. The lowest BCUT2D eigenvalue weighted by molar-refractivity contribution is -0.170. The number of aliphatic hydroxyl groups is 1. The predicted molar refractivity (Wildman–Crippen MR) is 58.9 cm³/mol. The fourth-order valence-electron chi connectivity index (χ4n) is 1.67. The zero-order valence-corrected chi connectivity index (χ0v) is 9.51. The summed E-state index contributed by atoms with van der Waals surface area (Å²) in [4.78, 5) is 0. The van der Waals surface area contributed by atoms with Crippen LogP contribution in [-0.4, -0.2) is 25.6 Å². The Balaban J connectivity index is 2.35. The number of methoxy groups -OCH3 is 2. The van der Waals surface area contributed by atoms with Gasteiger partial charge in [0.25, 0.3) is 0 Å². The molecule has 0 aliphatic carbocycles. The van der Waals surface area contributed by atoms with E-state index in [1.54, 1.807) is 6.07 Å². The van der Waals surface area contributed by atoms with Gasteiger partial charge in [-0.05, 0) is 24.3 Å². The highest BCUT2D eigenvalue weighted by Crippen LogP contribution is 2.27. The number of benzene rings is 1. The highest BCUT2D eigenvalue weighted by molar-refractivity contribution is 5.77. The number of hydrogen-bond acceptors (Lipinski definition) is 4. The minimum atomic E-state index is -1.06. The first-order valence-corrected chi connectivity index (χ1v) is 5.08. The molecule has 17 heavy (non-hydrogen) atoms. The second kappa shape index (κ2) is 4.83. The van der Waals surface area contributed by atoms with Gasteiger partial charge in [-0.15, -0.1) is 0 Å². The molecule has 1 heterocycles. The van der Waals surface area contributed by atoms with E-state index in [9.17, 15) is 9.50 Å². The number of hydrogen-bond donors (Lipinski definition) is 1. The van der Waals surface area contributed by atoms with Gasteiger partial charge < -0.3 is 19.0 Å². The van der Waals surface area contributed by atoms with Crippen molar-refractivity contribution in [3.05, 3.63) is 35.8 Å². The number of ether oxygens (including phenoxy) is 2. The first-order valence-electron chi connectivity index (χ1n) is 5.08. The number of furan rings is 1. The highest BCUT2D eigenvalue weighted by atomic mass is 19.1. The van der Waals surface area contributed by atoms with E-state index in [0.29, 0.717) is 11.0 Å². The minimum absolute atomic E-state index is 0.277. The third-order valence-corrected chi connectivity index (χ3v) is 2.51. The summed E-state index contributed by atoms with van der Waals surface area (Å²) in [5, 5.41) is 10.5. The summed E-state index contributed by atoms with van der Waals surface area (Å²) in [6.07, 6.45) is -1.87. The standard InChI is InChI=1S/C12H13FO4/c1-15-12(16-2)11(14)10-6-7-5-8(13)3-4-9(7)17-10/h3-6,11-12,14H,1-2H3. The summed E-state index contributed by atoms with van der Waals surface area (Å²) < 4.78 is 28.2.